The molecule has 1 fully saturated rings. The Balaban J connectivity index is 1.88. The van der Waals surface area contributed by atoms with E-state index < -0.39 is 5.60 Å². The molecule has 2 unspecified atom stereocenters. The summed E-state index contributed by atoms with van der Waals surface area (Å²) in [5.74, 6) is -0.00175. The van der Waals surface area contributed by atoms with Crippen molar-refractivity contribution in [1.82, 2.24) is 10.2 Å². The van der Waals surface area contributed by atoms with E-state index >= 15 is 0 Å². The SMILES string of the molecule is CC(C(=O)NCC(C)(O)c1ccccc1)N1CCCCCC1. The first-order valence-corrected chi connectivity index (χ1v) is 8.30. The summed E-state index contributed by atoms with van der Waals surface area (Å²) < 4.78 is 0. The maximum absolute atomic E-state index is 12.4. The van der Waals surface area contributed by atoms with E-state index in [4.69, 9.17) is 0 Å². The van der Waals surface area contributed by atoms with Gasteiger partial charge in [0.1, 0.15) is 5.60 Å². The van der Waals surface area contributed by atoms with E-state index in [0.717, 1.165) is 18.7 Å². The van der Waals surface area contributed by atoms with Crippen molar-refractivity contribution in [2.24, 2.45) is 0 Å². The Hall–Kier alpha value is -1.39. The molecule has 0 radical (unpaired) electrons. The van der Waals surface area contributed by atoms with Crippen LogP contribution >= 0.6 is 0 Å². The lowest BCUT2D eigenvalue weighted by atomic mass is 9.96. The van der Waals surface area contributed by atoms with Gasteiger partial charge in [0.25, 0.3) is 0 Å². The highest BCUT2D eigenvalue weighted by molar-refractivity contribution is 5.81. The third-order valence-corrected chi connectivity index (χ3v) is 4.57. The molecule has 1 aromatic carbocycles. The molecule has 0 spiro atoms. The molecule has 1 heterocycles. The van der Waals surface area contributed by atoms with Gasteiger partial charge in [0.05, 0.1) is 12.6 Å². The lowest BCUT2D eigenvalue weighted by Crippen LogP contribution is -2.48. The Morgan fingerprint density at radius 3 is 2.41 bits per heavy atom. The van der Waals surface area contributed by atoms with Crippen LogP contribution in [-0.2, 0) is 10.4 Å². The van der Waals surface area contributed by atoms with Crippen molar-refractivity contribution in [2.45, 2.75) is 51.2 Å². The van der Waals surface area contributed by atoms with Gasteiger partial charge >= 0.3 is 0 Å². The Morgan fingerprint density at radius 1 is 1.23 bits per heavy atom. The summed E-state index contributed by atoms with van der Waals surface area (Å²) in [6.45, 7) is 5.90. The Labute approximate surface area is 133 Å². The van der Waals surface area contributed by atoms with Gasteiger partial charge < -0.3 is 10.4 Å². The first kappa shape index (κ1) is 17.0. The van der Waals surface area contributed by atoms with Gasteiger partial charge in [-0.15, -0.1) is 0 Å². The monoisotopic (exact) mass is 304 g/mol. The van der Waals surface area contributed by atoms with E-state index in [1.54, 1.807) is 6.92 Å². The minimum atomic E-state index is -1.05. The van der Waals surface area contributed by atoms with Gasteiger partial charge in [0, 0.05) is 0 Å². The van der Waals surface area contributed by atoms with Crippen molar-refractivity contribution >= 4 is 5.91 Å². The zero-order chi connectivity index (χ0) is 16.0. The van der Waals surface area contributed by atoms with Crippen molar-refractivity contribution in [3.63, 3.8) is 0 Å². The van der Waals surface area contributed by atoms with Crippen LogP contribution in [0.15, 0.2) is 30.3 Å². The van der Waals surface area contributed by atoms with E-state index in [9.17, 15) is 9.90 Å². The largest absolute Gasteiger partial charge is 0.384 e. The molecule has 122 valence electrons. The van der Waals surface area contributed by atoms with Crippen molar-refractivity contribution in [3.05, 3.63) is 35.9 Å². The topological polar surface area (TPSA) is 52.6 Å². The van der Waals surface area contributed by atoms with Crippen LogP contribution in [0.5, 0.6) is 0 Å². The van der Waals surface area contributed by atoms with Gasteiger partial charge in [0.2, 0.25) is 5.91 Å². The number of carbonyl (C=O) groups is 1. The highest BCUT2D eigenvalue weighted by Crippen LogP contribution is 2.19. The minimum absolute atomic E-state index is 0.00175. The molecule has 4 heteroatoms. The van der Waals surface area contributed by atoms with Gasteiger partial charge in [0.15, 0.2) is 0 Å². The predicted molar refractivity (Wildman–Crippen MR) is 88.5 cm³/mol. The standard InChI is InChI=1S/C18H28N2O2/c1-15(20-12-8-3-4-9-13-20)17(21)19-14-18(2,22)16-10-6-5-7-11-16/h5-7,10-11,15,22H,3-4,8-9,12-14H2,1-2H3,(H,19,21). The average Bonchev–Trinajstić information content (AvgIpc) is 2.82. The van der Waals surface area contributed by atoms with Crippen molar-refractivity contribution < 1.29 is 9.90 Å². The number of amides is 1. The number of nitrogens with zero attached hydrogens (tertiary/aromatic N) is 1. The van der Waals surface area contributed by atoms with E-state index in [1.165, 1.54) is 25.7 Å². The van der Waals surface area contributed by atoms with Crippen LogP contribution in [-0.4, -0.2) is 41.6 Å². The molecule has 0 bridgehead atoms. The highest BCUT2D eigenvalue weighted by atomic mass is 16.3. The molecule has 22 heavy (non-hydrogen) atoms. The molecule has 1 aliphatic heterocycles. The van der Waals surface area contributed by atoms with Crippen LogP contribution in [0.25, 0.3) is 0 Å². The average molecular weight is 304 g/mol. The number of likely N-dealkylation sites (tertiary alicyclic amines) is 1. The number of aliphatic hydroxyl groups is 1. The van der Waals surface area contributed by atoms with Crippen molar-refractivity contribution in [3.8, 4) is 0 Å². The maximum Gasteiger partial charge on any atom is 0.237 e. The summed E-state index contributed by atoms with van der Waals surface area (Å²) in [6, 6.07) is 9.33. The van der Waals surface area contributed by atoms with Gasteiger partial charge in [-0.2, -0.15) is 0 Å². The third kappa shape index (κ3) is 4.55. The Kier molecular flexibility index (Phi) is 5.98. The molecule has 4 nitrogen and oxygen atoms in total. The second kappa shape index (κ2) is 7.75. The van der Waals surface area contributed by atoms with Crippen LogP contribution in [0.1, 0.15) is 45.1 Å². The summed E-state index contributed by atoms with van der Waals surface area (Å²) >= 11 is 0. The van der Waals surface area contributed by atoms with E-state index in [1.807, 2.05) is 37.3 Å². The Morgan fingerprint density at radius 2 is 1.82 bits per heavy atom. The molecule has 1 aromatic rings. The molecular formula is C18H28N2O2. The molecule has 2 rings (SSSR count). The summed E-state index contributed by atoms with van der Waals surface area (Å²) in [5.41, 5.74) is -0.229. The molecule has 1 aliphatic rings. The third-order valence-electron chi connectivity index (χ3n) is 4.57. The number of rotatable bonds is 5. The van der Waals surface area contributed by atoms with Gasteiger partial charge in [-0.3, -0.25) is 9.69 Å². The van der Waals surface area contributed by atoms with E-state index in [2.05, 4.69) is 10.2 Å². The summed E-state index contributed by atoms with van der Waals surface area (Å²) in [4.78, 5) is 14.6. The molecule has 0 aromatic heterocycles. The fourth-order valence-corrected chi connectivity index (χ4v) is 2.95. The first-order chi connectivity index (χ1) is 10.5. The molecule has 1 amide bonds. The first-order valence-electron chi connectivity index (χ1n) is 8.30. The van der Waals surface area contributed by atoms with E-state index in [-0.39, 0.29) is 18.5 Å². The number of nitrogens with one attached hydrogen (secondary N) is 1. The van der Waals surface area contributed by atoms with Crippen LogP contribution in [0.3, 0.4) is 0 Å². The normalized spacial score (nSPS) is 20.7. The maximum atomic E-state index is 12.4. The van der Waals surface area contributed by atoms with Gasteiger partial charge in [-0.1, -0.05) is 43.2 Å². The molecule has 2 N–H and O–H groups in total. The van der Waals surface area contributed by atoms with Crippen molar-refractivity contribution in [2.75, 3.05) is 19.6 Å². The highest BCUT2D eigenvalue weighted by Gasteiger charge is 2.27. The Bertz CT molecular complexity index is 465. The number of carbonyl (C=O) groups excluding carboxylic acids is 1. The predicted octanol–water partition coefficient (Wildman–Crippen LogP) is 2.27. The number of hydrogen-bond acceptors (Lipinski definition) is 3. The zero-order valence-electron chi connectivity index (χ0n) is 13.7. The van der Waals surface area contributed by atoms with Crippen LogP contribution in [0.2, 0.25) is 0 Å². The second-order valence-corrected chi connectivity index (χ2v) is 6.48. The summed E-state index contributed by atoms with van der Waals surface area (Å²) in [6.07, 6.45) is 4.85. The second-order valence-electron chi connectivity index (χ2n) is 6.48. The molecule has 1 saturated heterocycles. The molecule has 0 saturated carbocycles. The fourth-order valence-electron chi connectivity index (χ4n) is 2.95. The lowest BCUT2D eigenvalue weighted by Gasteiger charge is -2.29. The van der Waals surface area contributed by atoms with Crippen LogP contribution < -0.4 is 5.32 Å². The fraction of sp³-hybridized carbons (Fsp3) is 0.611. The molecule has 2 atom stereocenters. The lowest BCUT2D eigenvalue weighted by molar-refractivity contribution is -0.127. The quantitative estimate of drug-likeness (QED) is 0.877. The zero-order valence-corrected chi connectivity index (χ0v) is 13.7. The van der Waals surface area contributed by atoms with Crippen LogP contribution in [0, 0.1) is 0 Å². The van der Waals surface area contributed by atoms with E-state index in [0.29, 0.717) is 0 Å². The smallest absolute Gasteiger partial charge is 0.237 e. The summed E-state index contributed by atoms with van der Waals surface area (Å²) in [5, 5.41) is 13.5. The molecular weight excluding hydrogens is 276 g/mol. The number of benzene rings is 1. The van der Waals surface area contributed by atoms with Gasteiger partial charge in [-0.25, -0.2) is 0 Å². The molecule has 0 aliphatic carbocycles. The minimum Gasteiger partial charge on any atom is -0.384 e. The van der Waals surface area contributed by atoms with Crippen LogP contribution in [0.4, 0.5) is 0 Å². The van der Waals surface area contributed by atoms with Crippen molar-refractivity contribution in [1.29, 1.82) is 0 Å². The number of hydrogen-bond donors (Lipinski definition) is 2. The summed E-state index contributed by atoms with van der Waals surface area (Å²) in [7, 11) is 0. The van der Waals surface area contributed by atoms with Gasteiger partial charge in [-0.05, 0) is 45.3 Å².